The second-order valence-electron chi connectivity index (χ2n) is 6.28. The molecule has 1 aliphatic carbocycles. The normalized spacial score (nSPS) is 21.9. The maximum absolute atomic E-state index is 4.61. The fourth-order valence-corrected chi connectivity index (χ4v) is 3.03. The van der Waals surface area contributed by atoms with Gasteiger partial charge in [-0.25, -0.2) is 0 Å². The standard InChI is InChI=1S/C15H27N3/c1-5-7-8-18-14-10-15(3,4)9-13(16-6-2)12(14)11-17-18/h11,13,16H,5-10H2,1-4H3. The molecule has 0 fully saturated rings. The molecule has 3 nitrogen and oxygen atoms in total. The Bertz CT molecular complexity index is 392. The average molecular weight is 249 g/mol. The lowest BCUT2D eigenvalue weighted by Crippen LogP contribution is -2.33. The van der Waals surface area contributed by atoms with Crippen molar-refractivity contribution in [3.63, 3.8) is 0 Å². The van der Waals surface area contributed by atoms with Crippen LogP contribution in [-0.4, -0.2) is 16.3 Å². The molecular formula is C15H27N3. The lowest BCUT2D eigenvalue weighted by atomic mass is 9.74. The number of hydrogen-bond acceptors (Lipinski definition) is 2. The highest BCUT2D eigenvalue weighted by atomic mass is 15.3. The Morgan fingerprint density at radius 2 is 2.22 bits per heavy atom. The molecule has 0 amide bonds. The van der Waals surface area contributed by atoms with E-state index in [1.165, 1.54) is 30.5 Å². The van der Waals surface area contributed by atoms with Gasteiger partial charge in [0.25, 0.3) is 0 Å². The molecule has 0 aromatic carbocycles. The molecule has 1 unspecified atom stereocenters. The minimum absolute atomic E-state index is 0.379. The quantitative estimate of drug-likeness (QED) is 0.867. The predicted octanol–water partition coefficient (Wildman–Crippen LogP) is 3.31. The number of nitrogens with zero attached hydrogens (tertiary/aromatic N) is 2. The number of unbranched alkanes of at least 4 members (excludes halogenated alkanes) is 1. The topological polar surface area (TPSA) is 29.9 Å². The SMILES string of the molecule is CCCCn1ncc2c1CC(C)(C)CC2NCC. The summed E-state index contributed by atoms with van der Waals surface area (Å²) in [5, 5.41) is 8.22. The summed E-state index contributed by atoms with van der Waals surface area (Å²) in [7, 11) is 0. The molecule has 0 radical (unpaired) electrons. The molecule has 1 aromatic heterocycles. The monoisotopic (exact) mass is 249 g/mol. The minimum Gasteiger partial charge on any atom is -0.310 e. The largest absolute Gasteiger partial charge is 0.310 e. The number of rotatable bonds is 5. The van der Waals surface area contributed by atoms with Crippen molar-refractivity contribution in [1.29, 1.82) is 0 Å². The smallest absolute Gasteiger partial charge is 0.0540 e. The summed E-state index contributed by atoms with van der Waals surface area (Å²) in [6.07, 6.45) is 6.92. The van der Waals surface area contributed by atoms with Crippen LogP contribution in [0.1, 0.15) is 64.3 Å². The Hall–Kier alpha value is -0.830. The number of nitrogens with one attached hydrogen (secondary N) is 1. The summed E-state index contributed by atoms with van der Waals surface area (Å²) in [5.74, 6) is 0. The maximum atomic E-state index is 4.61. The summed E-state index contributed by atoms with van der Waals surface area (Å²) in [6.45, 7) is 11.3. The van der Waals surface area contributed by atoms with Crippen molar-refractivity contribution in [3.05, 3.63) is 17.5 Å². The Labute approximate surface area is 111 Å². The molecule has 1 N–H and O–H groups in total. The van der Waals surface area contributed by atoms with E-state index in [4.69, 9.17) is 0 Å². The summed E-state index contributed by atoms with van der Waals surface area (Å²) >= 11 is 0. The third kappa shape index (κ3) is 2.77. The Kier molecular flexibility index (Phi) is 4.10. The van der Waals surface area contributed by atoms with Crippen LogP contribution in [0.2, 0.25) is 0 Å². The fraction of sp³-hybridized carbons (Fsp3) is 0.800. The fourth-order valence-electron chi connectivity index (χ4n) is 3.03. The first kappa shape index (κ1) is 13.6. The van der Waals surface area contributed by atoms with Gasteiger partial charge in [-0.05, 0) is 31.2 Å². The molecular weight excluding hydrogens is 222 g/mol. The third-order valence-corrected chi connectivity index (χ3v) is 3.93. The van der Waals surface area contributed by atoms with Crippen LogP contribution in [0.15, 0.2) is 6.20 Å². The van der Waals surface area contributed by atoms with E-state index < -0.39 is 0 Å². The number of aromatic nitrogens is 2. The molecule has 3 heteroatoms. The van der Waals surface area contributed by atoms with Crippen LogP contribution < -0.4 is 5.32 Å². The van der Waals surface area contributed by atoms with E-state index in [9.17, 15) is 0 Å². The van der Waals surface area contributed by atoms with Crippen LogP contribution in [0, 0.1) is 5.41 Å². The van der Waals surface area contributed by atoms with Crippen LogP contribution in [0.25, 0.3) is 0 Å². The lowest BCUT2D eigenvalue weighted by molar-refractivity contribution is 0.252. The van der Waals surface area contributed by atoms with Crippen molar-refractivity contribution in [2.75, 3.05) is 6.54 Å². The second kappa shape index (κ2) is 5.43. The van der Waals surface area contributed by atoms with Gasteiger partial charge < -0.3 is 5.32 Å². The van der Waals surface area contributed by atoms with Gasteiger partial charge >= 0.3 is 0 Å². The van der Waals surface area contributed by atoms with Crippen LogP contribution in [0.5, 0.6) is 0 Å². The maximum Gasteiger partial charge on any atom is 0.0540 e. The second-order valence-corrected chi connectivity index (χ2v) is 6.28. The first-order valence-corrected chi connectivity index (χ1v) is 7.35. The van der Waals surface area contributed by atoms with Crippen molar-refractivity contribution in [2.24, 2.45) is 5.41 Å². The molecule has 1 heterocycles. The number of fused-ring (bicyclic) bond motifs is 1. The molecule has 1 aromatic rings. The van der Waals surface area contributed by atoms with Crippen molar-refractivity contribution < 1.29 is 0 Å². The average Bonchev–Trinajstić information content (AvgIpc) is 2.68. The third-order valence-electron chi connectivity index (χ3n) is 3.93. The van der Waals surface area contributed by atoms with E-state index in [1.54, 1.807) is 0 Å². The Balaban J connectivity index is 2.26. The van der Waals surface area contributed by atoms with E-state index >= 15 is 0 Å². The van der Waals surface area contributed by atoms with Gasteiger partial charge in [0.1, 0.15) is 0 Å². The summed E-state index contributed by atoms with van der Waals surface area (Å²) < 4.78 is 2.24. The summed E-state index contributed by atoms with van der Waals surface area (Å²) in [6, 6.07) is 0.490. The van der Waals surface area contributed by atoms with Gasteiger partial charge in [0.05, 0.1) is 6.20 Å². The first-order chi connectivity index (χ1) is 8.57. The van der Waals surface area contributed by atoms with Gasteiger partial charge in [0.2, 0.25) is 0 Å². The van der Waals surface area contributed by atoms with Gasteiger partial charge in [-0.15, -0.1) is 0 Å². The zero-order valence-corrected chi connectivity index (χ0v) is 12.3. The highest BCUT2D eigenvalue weighted by Crippen LogP contribution is 2.40. The molecule has 2 rings (SSSR count). The van der Waals surface area contributed by atoms with Gasteiger partial charge in [-0.1, -0.05) is 34.1 Å². The molecule has 1 atom stereocenters. The van der Waals surface area contributed by atoms with Crippen LogP contribution >= 0.6 is 0 Å². The first-order valence-electron chi connectivity index (χ1n) is 7.35. The van der Waals surface area contributed by atoms with Crippen molar-refractivity contribution in [1.82, 2.24) is 15.1 Å². The highest BCUT2D eigenvalue weighted by Gasteiger charge is 2.34. The van der Waals surface area contributed by atoms with Gasteiger partial charge in [0.15, 0.2) is 0 Å². The molecule has 1 aliphatic rings. The van der Waals surface area contributed by atoms with E-state index in [-0.39, 0.29) is 0 Å². The molecule has 0 saturated carbocycles. The molecule has 18 heavy (non-hydrogen) atoms. The van der Waals surface area contributed by atoms with Gasteiger partial charge in [-0.2, -0.15) is 5.10 Å². The van der Waals surface area contributed by atoms with E-state index in [2.05, 4.69) is 49.0 Å². The van der Waals surface area contributed by atoms with Crippen LogP contribution in [0.4, 0.5) is 0 Å². The number of hydrogen-bond donors (Lipinski definition) is 1. The van der Waals surface area contributed by atoms with Crippen molar-refractivity contribution in [2.45, 2.75) is 66.0 Å². The molecule has 0 bridgehead atoms. The zero-order valence-electron chi connectivity index (χ0n) is 12.3. The van der Waals surface area contributed by atoms with Crippen molar-refractivity contribution >= 4 is 0 Å². The lowest BCUT2D eigenvalue weighted by Gasteiger charge is -2.36. The molecule has 102 valence electrons. The minimum atomic E-state index is 0.379. The Morgan fingerprint density at radius 1 is 1.44 bits per heavy atom. The highest BCUT2D eigenvalue weighted by molar-refractivity contribution is 5.27. The van der Waals surface area contributed by atoms with E-state index in [0.717, 1.165) is 19.5 Å². The Morgan fingerprint density at radius 3 is 2.89 bits per heavy atom. The van der Waals surface area contributed by atoms with E-state index in [1.807, 2.05) is 0 Å². The summed E-state index contributed by atoms with van der Waals surface area (Å²) in [5.41, 5.74) is 3.28. The summed E-state index contributed by atoms with van der Waals surface area (Å²) in [4.78, 5) is 0. The number of aryl methyl sites for hydroxylation is 1. The molecule has 0 aliphatic heterocycles. The van der Waals surface area contributed by atoms with Gasteiger partial charge in [0, 0.05) is 23.8 Å². The molecule has 0 saturated heterocycles. The van der Waals surface area contributed by atoms with Crippen LogP contribution in [0.3, 0.4) is 0 Å². The van der Waals surface area contributed by atoms with Gasteiger partial charge in [-0.3, -0.25) is 4.68 Å². The van der Waals surface area contributed by atoms with Crippen molar-refractivity contribution in [3.8, 4) is 0 Å². The molecule has 0 spiro atoms. The zero-order chi connectivity index (χ0) is 13.2. The van der Waals surface area contributed by atoms with E-state index in [0.29, 0.717) is 11.5 Å². The van der Waals surface area contributed by atoms with Crippen LogP contribution in [-0.2, 0) is 13.0 Å². The predicted molar refractivity (Wildman–Crippen MR) is 75.7 cm³/mol.